The summed E-state index contributed by atoms with van der Waals surface area (Å²) in [5.74, 6) is -0.510. The number of aliphatic hydroxyl groups excluding tert-OH is 1. The summed E-state index contributed by atoms with van der Waals surface area (Å²) in [7, 11) is 0. The second-order valence-corrected chi connectivity index (χ2v) is 5.56. The van der Waals surface area contributed by atoms with Crippen LogP contribution in [0.4, 0.5) is 5.69 Å². The fraction of sp³-hybridized carbons (Fsp3) is 0.0476. The highest BCUT2D eigenvalue weighted by molar-refractivity contribution is 6.03. The third-order valence-electron chi connectivity index (χ3n) is 3.84. The van der Waals surface area contributed by atoms with E-state index in [-0.39, 0.29) is 11.3 Å². The van der Waals surface area contributed by atoms with Crippen molar-refractivity contribution in [3.8, 4) is 0 Å². The van der Waals surface area contributed by atoms with Gasteiger partial charge in [-0.2, -0.15) is 4.74 Å². The molecule has 4 heteroatoms. The molecule has 1 N–H and O–H groups in total. The van der Waals surface area contributed by atoms with Crippen molar-refractivity contribution < 1.29 is 14.6 Å². The van der Waals surface area contributed by atoms with Gasteiger partial charge < -0.3 is 10.3 Å². The van der Waals surface area contributed by atoms with E-state index in [0.29, 0.717) is 10.3 Å². The lowest BCUT2D eigenvalue weighted by atomic mass is 9.99. The topological polar surface area (TPSA) is 63.4 Å². The Bertz CT molecular complexity index is 889. The summed E-state index contributed by atoms with van der Waals surface area (Å²) >= 11 is 0. The molecule has 0 heterocycles. The molecule has 0 aromatic heterocycles. The van der Waals surface area contributed by atoms with E-state index in [1.165, 1.54) is 6.21 Å². The van der Waals surface area contributed by atoms with Gasteiger partial charge in [-0.3, -0.25) is 4.79 Å². The number of carbonyl (C=O) groups is 1. The molecule has 0 spiro atoms. The minimum atomic E-state index is -1.31. The molecular formula is C21H17NO3. The monoisotopic (exact) mass is 331 g/mol. The van der Waals surface area contributed by atoms with Gasteiger partial charge in [-0.25, -0.2) is 0 Å². The van der Waals surface area contributed by atoms with Gasteiger partial charge in [-0.05, 0) is 23.8 Å². The SMILES string of the molecule is O=C(c1ccccc1[N+]([O-])=Cc1ccccc1)C(O)c1ccccc1. The van der Waals surface area contributed by atoms with Crippen LogP contribution in [-0.4, -0.2) is 21.8 Å². The summed E-state index contributed by atoms with van der Waals surface area (Å²) in [6, 6.07) is 24.3. The van der Waals surface area contributed by atoms with Gasteiger partial charge in [-0.15, -0.1) is 0 Å². The zero-order valence-corrected chi connectivity index (χ0v) is 13.4. The van der Waals surface area contributed by atoms with Crippen molar-refractivity contribution in [1.29, 1.82) is 0 Å². The van der Waals surface area contributed by atoms with Gasteiger partial charge >= 0.3 is 0 Å². The molecule has 1 unspecified atom stereocenters. The van der Waals surface area contributed by atoms with Gasteiger partial charge in [-0.1, -0.05) is 60.7 Å². The standard InChI is InChI=1S/C21H17NO3/c23-20(17-11-5-2-6-12-17)21(24)18-13-7-8-14-19(18)22(25)15-16-9-3-1-4-10-16/h1-15,20,23H. The number of rotatable bonds is 5. The smallest absolute Gasteiger partial charge is 0.227 e. The second-order valence-electron chi connectivity index (χ2n) is 5.56. The summed E-state index contributed by atoms with van der Waals surface area (Å²) in [6.45, 7) is 0. The molecule has 1 atom stereocenters. The number of aliphatic hydroxyl groups is 1. The molecule has 25 heavy (non-hydrogen) atoms. The van der Waals surface area contributed by atoms with Crippen molar-refractivity contribution in [1.82, 2.24) is 0 Å². The van der Waals surface area contributed by atoms with E-state index in [4.69, 9.17) is 0 Å². The minimum absolute atomic E-state index is 0.182. The number of ketones is 1. The molecule has 0 radical (unpaired) electrons. The van der Waals surface area contributed by atoms with Crippen molar-refractivity contribution in [2.24, 2.45) is 0 Å². The third kappa shape index (κ3) is 3.82. The largest absolute Gasteiger partial charge is 0.618 e. The van der Waals surface area contributed by atoms with Crippen LogP contribution in [-0.2, 0) is 0 Å². The fourth-order valence-electron chi connectivity index (χ4n) is 2.55. The first-order valence-corrected chi connectivity index (χ1v) is 7.89. The molecule has 0 amide bonds. The summed E-state index contributed by atoms with van der Waals surface area (Å²) in [5.41, 5.74) is 1.60. The van der Waals surface area contributed by atoms with E-state index < -0.39 is 11.9 Å². The van der Waals surface area contributed by atoms with Crippen molar-refractivity contribution in [2.45, 2.75) is 6.10 Å². The van der Waals surface area contributed by atoms with E-state index >= 15 is 0 Å². The molecule has 3 aromatic rings. The van der Waals surface area contributed by atoms with Crippen molar-refractivity contribution in [3.05, 3.63) is 107 Å². The van der Waals surface area contributed by atoms with Crippen LogP contribution in [0, 0.1) is 5.21 Å². The maximum absolute atomic E-state index is 12.7. The number of hydrogen-bond donors (Lipinski definition) is 1. The lowest BCUT2D eigenvalue weighted by molar-refractivity contribution is -0.354. The Morgan fingerprint density at radius 2 is 1.44 bits per heavy atom. The average Bonchev–Trinajstić information content (AvgIpc) is 2.68. The van der Waals surface area contributed by atoms with E-state index in [1.807, 2.05) is 24.3 Å². The van der Waals surface area contributed by atoms with Gasteiger partial charge in [0.05, 0.1) is 5.56 Å². The van der Waals surface area contributed by atoms with Crippen LogP contribution in [0.5, 0.6) is 0 Å². The maximum Gasteiger partial charge on any atom is 0.227 e. The maximum atomic E-state index is 12.7. The zero-order valence-electron chi connectivity index (χ0n) is 13.4. The number of Topliss-reactive ketones (excluding diaryl/α,β-unsaturated/α-hetero) is 1. The summed E-state index contributed by atoms with van der Waals surface area (Å²) in [5, 5.41) is 22.9. The predicted octanol–water partition coefficient (Wildman–Crippen LogP) is 3.86. The first kappa shape index (κ1) is 16.6. The normalized spacial score (nSPS) is 12.6. The Hall–Kier alpha value is -3.24. The van der Waals surface area contributed by atoms with E-state index in [9.17, 15) is 15.1 Å². The number of benzene rings is 3. The second kappa shape index (κ2) is 7.55. The average molecular weight is 331 g/mol. The summed E-state index contributed by atoms with van der Waals surface area (Å²) in [6.07, 6.45) is 0.0913. The Kier molecular flexibility index (Phi) is 5.02. The van der Waals surface area contributed by atoms with Gasteiger partial charge in [0.15, 0.2) is 6.21 Å². The van der Waals surface area contributed by atoms with Crippen molar-refractivity contribution in [3.63, 3.8) is 0 Å². The van der Waals surface area contributed by atoms with Gasteiger partial charge in [0.25, 0.3) is 0 Å². The Labute approximate surface area is 145 Å². The molecule has 0 saturated heterocycles. The first-order chi connectivity index (χ1) is 12.2. The van der Waals surface area contributed by atoms with Crippen LogP contribution in [0.25, 0.3) is 0 Å². The molecule has 0 bridgehead atoms. The van der Waals surface area contributed by atoms with Crippen molar-refractivity contribution >= 4 is 17.7 Å². The quantitative estimate of drug-likeness (QED) is 0.254. The number of nitrogens with zero attached hydrogens (tertiary/aromatic N) is 1. The fourth-order valence-corrected chi connectivity index (χ4v) is 2.55. The number of carbonyl (C=O) groups excluding carboxylic acids is 1. The molecule has 3 rings (SSSR count). The summed E-state index contributed by atoms with van der Waals surface area (Å²) < 4.78 is 0.653. The van der Waals surface area contributed by atoms with Crippen LogP contribution >= 0.6 is 0 Å². The Morgan fingerprint density at radius 1 is 0.880 bits per heavy atom. The molecule has 0 saturated carbocycles. The van der Waals surface area contributed by atoms with Gasteiger partial charge in [0, 0.05) is 11.6 Å². The Morgan fingerprint density at radius 3 is 2.12 bits per heavy atom. The molecule has 0 aliphatic rings. The van der Waals surface area contributed by atoms with Crippen LogP contribution in [0.15, 0.2) is 84.9 Å². The van der Waals surface area contributed by atoms with E-state index in [2.05, 4.69) is 0 Å². The van der Waals surface area contributed by atoms with Gasteiger partial charge in [0.2, 0.25) is 11.5 Å². The highest BCUT2D eigenvalue weighted by Gasteiger charge is 2.24. The molecule has 0 fully saturated rings. The van der Waals surface area contributed by atoms with Gasteiger partial charge in [0.1, 0.15) is 6.10 Å². The molecule has 124 valence electrons. The Balaban J connectivity index is 1.96. The van der Waals surface area contributed by atoms with Crippen LogP contribution in [0.1, 0.15) is 27.6 Å². The predicted molar refractivity (Wildman–Crippen MR) is 97.1 cm³/mol. The highest BCUT2D eigenvalue weighted by Crippen LogP contribution is 2.25. The molecule has 4 nitrogen and oxygen atoms in total. The molecule has 0 aliphatic heterocycles. The molecular weight excluding hydrogens is 314 g/mol. The third-order valence-corrected chi connectivity index (χ3v) is 3.84. The van der Waals surface area contributed by atoms with Crippen LogP contribution in [0.2, 0.25) is 0 Å². The number of hydrogen-bond acceptors (Lipinski definition) is 3. The number of para-hydroxylation sites is 1. The lowest BCUT2D eigenvalue weighted by Gasteiger charge is -2.12. The van der Waals surface area contributed by atoms with E-state index in [1.54, 1.807) is 60.7 Å². The molecule has 3 aromatic carbocycles. The molecule has 0 aliphatic carbocycles. The first-order valence-electron chi connectivity index (χ1n) is 7.89. The highest BCUT2D eigenvalue weighted by atomic mass is 16.5. The van der Waals surface area contributed by atoms with Crippen molar-refractivity contribution in [2.75, 3.05) is 0 Å². The van der Waals surface area contributed by atoms with E-state index in [0.717, 1.165) is 5.56 Å². The summed E-state index contributed by atoms with van der Waals surface area (Å²) in [4.78, 5) is 12.7. The van der Waals surface area contributed by atoms with Crippen LogP contribution in [0.3, 0.4) is 0 Å². The van der Waals surface area contributed by atoms with Crippen LogP contribution < -0.4 is 0 Å². The minimum Gasteiger partial charge on any atom is -0.618 e. The lowest BCUT2D eigenvalue weighted by Crippen LogP contribution is -2.14. The zero-order chi connectivity index (χ0) is 17.6.